The average molecular weight is 586 g/mol. The van der Waals surface area contributed by atoms with Crippen LogP contribution in [0.5, 0.6) is 0 Å². The summed E-state index contributed by atoms with van der Waals surface area (Å²) < 4.78 is 24.2. The van der Waals surface area contributed by atoms with Gasteiger partial charge in [0.1, 0.15) is 5.82 Å². The zero-order valence-electron chi connectivity index (χ0n) is 22.8. The number of amides is 1. The van der Waals surface area contributed by atoms with Crippen LogP contribution in [0.1, 0.15) is 58.2 Å². The van der Waals surface area contributed by atoms with Gasteiger partial charge in [-0.3, -0.25) is 14.6 Å². The molecule has 4 heterocycles. The molecule has 1 amide bonds. The van der Waals surface area contributed by atoms with E-state index in [4.69, 9.17) is 21.4 Å². The first kappa shape index (κ1) is 27.8. The molecule has 1 saturated heterocycles. The van der Waals surface area contributed by atoms with E-state index in [1.54, 1.807) is 36.7 Å². The fraction of sp³-hybridized carbons (Fsp3) is 0.250. The second kappa shape index (κ2) is 12.3. The van der Waals surface area contributed by atoms with Gasteiger partial charge in [0.2, 0.25) is 0 Å². The van der Waals surface area contributed by atoms with Crippen LogP contribution in [0.25, 0.3) is 10.9 Å². The average Bonchev–Trinajstić information content (AvgIpc) is 3.36. The third kappa shape index (κ3) is 6.12. The first-order valence-corrected chi connectivity index (χ1v) is 14.3. The molecule has 10 heteroatoms. The van der Waals surface area contributed by atoms with Crippen LogP contribution >= 0.6 is 11.6 Å². The van der Waals surface area contributed by atoms with Crippen molar-refractivity contribution >= 4 is 28.4 Å². The normalized spacial score (nSPS) is 15.1. The van der Waals surface area contributed by atoms with Crippen molar-refractivity contribution in [3.8, 4) is 0 Å². The maximum atomic E-state index is 14.9. The molecule has 42 heavy (non-hydrogen) atoms. The Bertz CT molecular complexity index is 1810. The Morgan fingerprint density at radius 1 is 1.07 bits per heavy atom. The summed E-state index contributed by atoms with van der Waals surface area (Å²) in [5.41, 5.74) is 3.74. The fourth-order valence-corrected chi connectivity index (χ4v) is 5.43. The summed E-state index contributed by atoms with van der Waals surface area (Å²) in [5, 5.41) is 9.20. The van der Waals surface area contributed by atoms with E-state index in [2.05, 4.69) is 10.3 Å². The monoisotopic (exact) mass is 585 g/mol. The first-order valence-electron chi connectivity index (χ1n) is 13.9. The van der Waals surface area contributed by atoms with Crippen molar-refractivity contribution < 1.29 is 13.9 Å². The van der Waals surface area contributed by atoms with Gasteiger partial charge in [-0.1, -0.05) is 29.8 Å². The lowest BCUT2D eigenvalue weighted by Gasteiger charge is -2.23. The molecule has 2 aromatic carbocycles. The Balaban J connectivity index is 1.14. The molecule has 6 rings (SSSR count). The fourth-order valence-electron chi connectivity index (χ4n) is 5.26. The van der Waals surface area contributed by atoms with Crippen LogP contribution in [-0.2, 0) is 24.2 Å². The Kier molecular flexibility index (Phi) is 8.12. The molecule has 1 N–H and O–H groups in total. The van der Waals surface area contributed by atoms with Crippen LogP contribution in [0.4, 0.5) is 4.39 Å². The number of aromatic nitrogens is 4. The summed E-state index contributed by atoms with van der Waals surface area (Å²) in [7, 11) is 0. The lowest BCUT2D eigenvalue weighted by molar-refractivity contribution is -0.0369. The van der Waals surface area contributed by atoms with Gasteiger partial charge in [0.25, 0.3) is 11.5 Å². The number of carbonyl (C=O) groups is 1. The Morgan fingerprint density at radius 3 is 2.79 bits per heavy atom. The summed E-state index contributed by atoms with van der Waals surface area (Å²) >= 11 is 6.29. The molecule has 1 atom stereocenters. The van der Waals surface area contributed by atoms with Crippen molar-refractivity contribution in [2.75, 3.05) is 6.61 Å². The lowest BCUT2D eigenvalue weighted by atomic mass is 10.0. The van der Waals surface area contributed by atoms with Gasteiger partial charge >= 0.3 is 0 Å². The van der Waals surface area contributed by atoms with Crippen LogP contribution in [-0.4, -0.2) is 31.8 Å². The van der Waals surface area contributed by atoms with Crippen LogP contribution in [0.3, 0.4) is 0 Å². The molecule has 1 unspecified atom stereocenters. The minimum absolute atomic E-state index is 0.145. The highest BCUT2D eigenvalue weighted by Gasteiger charge is 2.21. The van der Waals surface area contributed by atoms with Crippen molar-refractivity contribution in [3.05, 3.63) is 128 Å². The number of rotatable bonds is 8. The van der Waals surface area contributed by atoms with Crippen LogP contribution in [0, 0.1) is 5.82 Å². The zero-order chi connectivity index (χ0) is 29.1. The molecule has 0 radical (unpaired) electrons. The Morgan fingerprint density at radius 2 is 1.98 bits per heavy atom. The van der Waals surface area contributed by atoms with Gasteiger partial charge in [-0.2, -0.15) is 5.10 Å². The van der Waals surface area contributed by atoms with Gasteiger partial charge in [-0.05, 0) is 73.2 Å². The molecule has 1 fully saturated rings. The topological polar surface area (TPSA) is 91.0 Å². The van der Waals surface area contributed by atoms with E-state index in [-0.39, 0.29) is 30.8 Å². The van der Waals surface area contributed by atoms with E-state index in [1.165, 1.54) is 22.9 Å². The summed E-state index contributed by atoms with van der Waals surface area (Å²) in [4.78, 5) is 29.3. The number of carbonyl (C=O) groups excluding carboxylic acids is 1. The molecular formula is C32H29ClFN5O3. The molecule has 214 valence electrons. The second-order valence-corrected chi connectivity index (χ2v) is 10.8. The molecule has 8 nitrogen and oxygen atoms in total. The summed E-state index contributed by atoms with van der Waals surface area (Å²) in [6.45, 7) is 1.05. The largest absolute Gasteiger partial charge is 0.356 e. The lowest BCUT2D eigenvalue weighted by Crippen LogP contribution is -2.24. The van der Waals surface area contributed by atoms with E-state index in [0.717, 1.165) is 41.3 Å². The summed E-state index contributed by atoms with van der Waals surface area (Å²) in [6, 6.07) is 17.2. The molecule has 3 aromatic heterocycles. The van der Waals surface area contributed by atoms with Crippen molar-refractivity contribution in [3.63, 3.8) is 0 Å². The minimum Gasteiger partial charge on any atom is -0.356 e. The van der Waals surface area contributed by atoms with Gasteiger partial charge in [0.05, 0.1) is 29.9 Å². The van der Waals surface area contributed by atoms with Crippen molar-refractivity contribution in [1.29, 1.82) is 0 Å². The number of ether oxygens (including phenoxy) is 1. The van der Waals surface area contributed by atoms with E-state index in [9.17, 15) is 14.0 Å². The van der Waals surface area contributed by atoms with E-state index < -0.39 is 5.82 Å². The maximum Gasteiger partial charge on any atom is 0.253 e. The summed E-state index contributed by atoms with van der Waals surface area (Å²) in [6.07, 6.45) is 8.03. The molecule has 0 spiro atoms. The predicted octanol–water partition coefficient (Wildman–Crippen LogP) is 5.65. The molecular weight excluding hydrogens is 557 g/mol. The highest BCUT2D eigenvalue weighted by atomic mass is 35.5. The van der Waals surface area contributed by atoms with Gasteiger partial charge in [-0.25, -0.2) is 9.07 Å². The summed E-state index contributed by atoms with van der Waals surface area (Å²) in [5.74, 6) is -0.687. The molecule has 5 aromatic rings. The highest BCUT2D eigenvalue weighted by molar-refractivity contribution is 6.31. The highest BCUT2D eigenvalue weighted by Crippen LogP contribution is 2.30. The van der Waals surface area contributed by atoms with Crippen molar-refractivity contribution in [2.45, 2.75) is 45.0 Å². The van der Waals surface area contributed by atoms with Gasteiger partial charge in [-0.15, -0.1) is 0 Å². The third-order valence-corrected chi connectivity index (χ3v) is 7.65. The quantitative estimate of drug-likeness (QED) is 0.254. The van der Waals surface area contributed by atoms with E-state index in [0.29, 0.717) is 34.9 Å². The maximum absolute atomic E-state index is 14.9. The van der Waals surface area contributed by atoms with Gasteiger partial charge < -0.3 is 14.6 Å². The van der Waals surface area contributed by atoms with Gasteiger partial charge in [0, 0.05) is 47.2 Å². The predicted molar refractivity (Wildman–Crippen MR) is 158 cm³/mol. The first-order chi connectivity index (χ1) is 20.4. The standard InChI is InChI=1S/C32H29ClFN5O3/c33-25-9-10-29-26(16-25)28(37-39(29)31-6-2-4-12-42-31)19-36-32(41)24-14-22(17-35-18-24)13-21-7-8-23(27(34)15-21)20-38-11-3-1-5-30(38)40/h1,3,5,7-11,14-18,31H,2,4,6,12-13,19-20H2,(H,36,41). The number of hydrogen-bond acceptors (Lipinski definition) is 5. The molecule has 0 aliphatic carbocycles. The van der Waals surface area contributed by atoms with Crippen LogP contribution in [0.15, 0.2) is 84.0 Å². The molecule has 1 aliphatic rings. The van der Waals surface area contributed by atoms with Crippen molar-refractivity contribution in [2.24, 2.45) is 0 Å². The molecule has 1 aliphatic heterocycles. The van der Waals surface area contributed by atoms with Gasteiger partial charge in [0.15, 0.2) is 6.23 Å². The third-order valence-electron chi connectivity index (χ3n) is 7.41. The van der Waals surface area contributed by atoms with E-state index in [1.807, 2.05) is 28.9 Å². The van der Waals surface area contributed by atoms with Crippen molar-refractivity contribution in [1.82, 2.24) is 24.6 Å². The number of nitrogens with zero attached hydrogens (tertiary/aromatic N) is 4. The zero-order valence-corrected chi connectivity index (χ0v) is 23.6. The number of pyridine rings is 2. The van der Waals surface area contributed by atoms with E-state index >= 15 is 0 Å². The van der Waals surface area contributed by atoms with Crippen LogP contribution in [0.2, 0.25) is 5.02 Å². The minimum atomic E-state index is -0.393. The number of benzene rings is 2. The number of halogens is 2. The van der Waals surface area contributed by atoms with Crippen LogP contribution < -0.4 is 10.9 Å². The molecule has 0 bridgehead atoms. The number of hydrogen-bond donors (Lipinski definition) is 1. The number of nitrogens with one attached hydrogen (secondary N) is 1. The second-order valence-electron chi connectivity index (χ2n) is 10.4. The Hall–Kier alpha value is -4.34. The smallest absolute Gasteiger partial charge is 0.253 e. The molecule has 0 saturated carbocycles. The SMILES string of the molecule is O=C(NCc1nn(C2CCCCO2)c2ccc(Cl)cc12)c1cncc(Cc2ccc(Cn3ccccc3=O)c(F)c2)c1. The number of fused-ring (bicyclic) bond motifs is 1. The Labute approximate surface area is 246 Å².